The first-order valence-electron chi connectivity index (χ1n) is 8.28. The molecule has 0 heterocycles. The van der Waals surface area contributed by atoms with Gasteiger partial charge in [-0.1, -0.05) is 80.6 Å². The molecule has 0 rings (SSSR count). The van der Waals surface area contributed by atoms with Gasteiger partial charge in [0.1, 0.15) is 0 Å². The molecule has 0 radical (unpaired) electrons. The first-order valence-corrected chi connectivity index (χ1v) is 8.28. The molecule has 0 amide bonds. The Morgan fingerprint density at radius 2 is 1.50 bits per heavy atom. The quantitative estimate of drug-likeness (QED) is 0.547. The number of aliphatic carboxylic acids is 1. The minimum atomic E-state index is -0.620. The summed E-state index contributed by atoms with van der Waals surface area (Å²) >= 11 is 0. The Hall–Kier alpha value is -0.530. The molecule has 0 aliphatic heterocycles. The van der Waals surface area contributed by atoms with Gasteiger partial charge in [-0.05, 0) is 23.2 Å². The van der Waals surface area contributed by atoms with E-state index in [1.54, 1.807) is 0 Å². The van der Waals surface area contributed by atoms with E-state index in [4.69, 9.17) is 0 Å². The predicted octanol–water partition coefficient (Wildman–Crippen LogP) is 5.76. The van der Waals surface area contributed by atoms with Crippen LogP contribution in [0.2, 0.25) is 0 Å². The highest BCUT2D eigenvalue weighted by Crippen LogP contribution is 2.47. The molecule has 0 bridgehead atoms. The topological polar surface area (TPSA) is 37.3 Å². The zero-order valence-corrected chi connectivity index (χ0v) is 14.8. The average molecular weight is 284 g/mol. The summed E-state index contributed by atoms with van der Waals surface area (Å²) in [5.41, 5.74) is 0.127. The van der Waals surface area contributed by atoms with Crippen LogP contribution in [-0.4, -0.2) is 11.1 Å². The van der Waals surface area contributed by atoms with Crippen molar-refractivity contribution >= 4 is 5.97 Å². The number of carbonyl (C=O) groups is 1. The van der Waals surface area contributed by atoms with Crippen molar-refractivity contribution in [3.63, 3.8) is 0 Å². The van der Waals surface area contributed by atoms with Gasteiger partial charge >= 0.3 is 5.97 Å². The first kappa shape index (κ1) is 19.5. The summed E-state index contributed by atoms with van der Waals surface area (Å²) in [6.07, 6.45) is 6.76. The van der Waals surface area contributed by atoms with Gasteiger partial charge < -0.3 is 5.11 Å². The highest BCUT2D eigenvalue weighted by Gasteiger charge is 2.42. The number of unbranched alkanes of at least 4 members (excludes halogenated alkanes) is 4. The predicted molar refractivity (Wildman–Crippen MR) is 86.9 cm³/mol. The Morgan fingerprint density at radius 1 is 1.00 bits per heavy atom. The maximum atomic E-state index is 11.6. The molecule has 0 spiro atoms. The van der Waals surface area contributed by atoms with Gasteiger partial charge in [-0.3, -0.25) is 4.79 Å². The second-order valence-corrected chi connectivity index (χ2v) is 7.91. The van der Waals surface area contributed by atoms with Crippen LogP contribution < -0.4 is 0 Å². The lowest BCUT2D eigenvalue weighted by Gasteiger charge is -2.46. The van der Waals surface area contributed by atoms with Crippen molar-refractivity contribution in [3.05, 3.63) is 0 Å². The van der Waals surface area contributed by atoms with Crippen LogP contribution in [-0.2, 0) is 4.79 Å². The molecule has 0 aromatic rings. The average Bonchev–Trinajstić information content (AvgIpc) is 2.31. The van der Waals surface area contributed by atoms with E-state index < -0.39 is 5.97 Å². The Morgan fingerprint density at radius 3 is 1.90 bits per heavy atom. The summed E-state index contributed by atoms with van der Waals surface area (Å²) in [5, 5.41) is 9.58. The highest BCUT2D eigenvalue weighted by molar-refractivity contribution is 5.70. The number of carboxylic acid groups (broad SMARTS) is 1. The van der Waals surface area contributed by atoms with Crippen molar-refractivity contribution in [2.45, 2.75) is 87.0 Å². The largest absolute Gasteiger partial charge is 0.481 e. The smallest absolute Gasteiger partial charge is 0.306 e. The van der Waals surface area contributed by atoms with Gasteiger partial charge in [-0.25, -0.2) is 0 Å². The molecule has 2 heteroatoms. The van der Waals surface area contributed by atoms with E-state index in [0.717, 1.165) is 12.8 Å². The van der Waals surface area contributed by atoms with Crippen LogP contribution >= 0.6 is 0 Å². The van der Waals surface area contributed by atoms with Gasteiger partial charge in [0, 0.05) is 0 Å². The van der Waals surface area contributed by atoms with E-state index in [2.05, 4.69) is 48.5 Å². The first-order chi connectivity index (χ1) is 9.05. The monoisotopic (exact) mass is 284 g/mol. The van der Waals surface area contributed by atoms with Crippen molar-refractivity contribution in [3.8, 4) is 0 Å². The van der Waals surface area contributed by atoms with E-state index in [0.29, 0.717) is 0 Å². The zero-order valence-electron chi connectivity index (χ0n) is 14.8. The molecule has 120 valence electrons. The van der Waals surface area contributed by atoms with E-state index in [9.17, 15) is 9.90 Å². The molecule has 0 fully saturated rings. The molecule has 0 aliphatic carbocycles. The minimum absolute atomic E-state index is 0.0134. The molecule has 2 atom stereocenters. The van der Waals surface area contributed by atoms with E-state index in [1.807, 2.05) is 0 Å². The lowest BCUT2D eigenvalue weighted by atomic mass is 9.59. The third-order valence-corrected chi connectivity index (χ3v) is 5.61. The van der Waals surface area contributed by atoms with E-state index in [1.165, 1.54) is 25.7 Å². The summed E-state index contributed by atoms with van der Waals surface area (Å²) in [6, 6.07) is 0. The molecule has 0 saturated heterocycles. The molecule has 0 aromatic carbocycles. The van der Waals surface area contributed by atoms with Crippen LogP contribution in [0.1, 0.15) is 87.0 Å². The summed E-state index contributed by atoms with van der Waals surface area (Å²) in [4.78, 5) is 11.6. The molecular weight excluding hydrogens is 248 g/mol. The lowest BCUT2D eigenvalue weighted by molar-refractivity contribution is -0.147. The molecule has 0 aromatic heterocycles. The summed E-state index contributed by atoms with van der Waals surface area (Å²) < 4.78 is 0. The summed E-state index contributed by atoms with van der Waals surface area (Å²) in [6.45, 7) is 15.4. The molecule has 0 aliphatic rings. The second-order valence-electron chi connectivity index (χ2n) is 7.91. The maximum Gasteiger partial charge on any atom is 0.306 e. The molecule has 2 nitrogen and oxygen atoms in total. The third kappa shape index (κ3) is 5.46. The standard InChI is InChI=1S/C18H36O2/c1-8-9-10-11-12-13-15(16(19)20)14(2)18(6,7)17(3,4)5/h14-15H,8-13H2,1-7H3,(H,19,20). The van der Waals surface area contributed by atoms with E-state index >= 15 is 0 Å². The van der Waals surface area contributed by atoms with Crippen LogP contribution in [0.4, 0.5) is 0 Å². The zero-order chi connectivity index (χ0) is 16.0. The number of rotatable bonds is 9. The highest BCUT2D eigenvalue weighted by atomic mass is 16.4. The normalized spacial score (nSPS) is 15.9. The summed E-state index contributed by atoms with van der Waals surface area (Å²) in [7, 11) is 0. The number of hydrogen-bond donors (Lipinski definition) is 1. The molecule has 0 saturated carbocycles. The van der Waals surface area contributed by atoms with Gasteiger partial charge in [0.05, 0.1) is 5.92 Å². The van der Waals surface area contributed by atoms with Gasteiger partial charge in [0.2, 0.25) is 0 Å². The van der Waals surface area contributed by atoms with Crippen molar-refractivity contribution in [1.29, 1.82) is 0 Å². The Bertz CT molecular complexity index is 286. The van der Waals surface area contributed by atoms with Crippen LogP contribution in [0.3, 0.4) is 0 Å². The fourth-order valence-corrected chi connectivity index (χ4v) is 2.74. The van der Waals surface area contributed by atoms with Gasteiger partial charge in [-0.2, -0.15) is 0 Å². The third-order valence-electron chi connectivity index (χ3n) is 5.61. The van der Waals surface area contributed by atoms with Crippen molar-refractivity contribution in [2.75, 3.05) is 0 Å². The Labute approximate surface area is 126 Å². The number of carboxylic acids is 1. The molecule has 2 unspecified atom stereocenters. The van der Waals surface area contributed by atoms with Crippen LogP contribution in [0.25, 0.3) is 0 Å². The van der Waals surface area contributed by atoms with Crippen molar-refractivity contribution < 1.29 is 9.90 Å². The molecular formula is C18H36O2. The number of hydrogen-bond acceptors (Lipinski definition) is 1. The summed E-state index contributed by atoms with van der Waals surface area (Å²) in [5.74, 6) is -0.651. The minimum Gasteiger partial charge on any atom is -0.481 e. The molecule has 1 N–H and O–H groups in total. The lowest BCUT2D eigenvalue weighted by Crippen LogP contribution is -2.41. The van der Waals surface area contributed by atoms with Gasteiger partial charge in [-0.15, -0.1) is 0 Å². The van der Waals surface area contributed by atoms with Crippen LogP contribution in [0, 0.1) is 22.7 Å². The fraction of sp³-hybridized carbons (Fsp3) is 0.944. The fourth-order valence-electron chi connectivity index (χ4n) is 2.74. The SMILES string of the molecule is CCCCCCCC(C(=O)O)C(C)C(C)(C)C(C)(C)C. The van der Waals surface area contributed by atoms with E-state index in [-0.39, 0.29) is 22.7 Å². The van der Waals surface area contributed by atoms with Crippen molar-refractivity contribution in [2.24, 2.45) is 22.7 Å². The van der Waals surface area contributed by atoms with Crippen LogP contribution in [0.15, 0.2) is 0 Å². The van der Waals surface area contributed by atoms with Gasteiger partial charge in [0.15, 0.2) is 0 Å². The van der Waals surface area contributed by atoms with Crippen molar-refractivity contribution in [1.82, 2.24) is 0 Å². The molecule has 20 heavy (non-hydrogen) atoms. The maximum absolute atomic E-state index is 11.6. The van der Waals surface area contributed by atoms with Crippen LogP contribution in [0.5, 0.6) is 0 Å². The second kappa shape index (κ2) is 8.05. The Kier molecular flexibility index (Phi) is 7.83. The Balaban J connectivity index is 4.63. The van der Waals surface area contributed by atoms with Gasteiger partial charge in [0.25, 0.3) is 0 Å².